The molecule has 0 bridgehead atoms. The standard InChI is InChI=1S/C17H12BrClN2OS/c1-10-15(11-5-7-13(18)8-6-11)20-17(23-10)21-16(22)12-3-2-4-14(19)9-12/h2-9H,1H3,(H,20,21,22). The van der Waals surface area contributed by atoms with E-state index in [9.17, 15) is 4.79 Å². The highest BCUT2D eigenvalue weighted by Crippen LogP contribution is 2.31. The number of nitrogens with zero attached hydrogens (tertiary/aromatic N) is 1. The fraction of sp³-hybridized carbons (Fsp3) is 0.0588. The predicted molar refractivity (Wildman–Crippen MR) is 99.4 cm³/mol. The van der Waals surface area contributed by atoms with Gasteiger partial charge in [-0.1, -0.05) is 45.7 Å². The molecule has 23 heavy (non-hydrogen) atoms. The third-order valence-corrected chi connectivity index (χ3v) is 4.87. The van der Waals surface area contributed by atoms with Gasteiger partial charge in [0.25, 0.3) is 5.91 Å². The molecule has 0 radical (unpaired) electrons. The molecule has 2 aromatic carbocycles. The number of amides is 1. The first kappa shape index (κ1) is 16.2. The van der Waals surface area contributed by atoms with Gasteiger partial charge in [-0.05, 0) is 37.3 Å². The fourth-order valence-electron chi connectivity index (χ4n) is 2.12. The normalized spacial score (nSPS) is 10.6. The number of hydrogen-bond acceptors (Lipinski definition) is 3. The summed E-state index contributed by atoms with van der Waals surface area (Å²) in [4.78, 5) is 17.8. The fourth-order valence-corrected chi connectivity index (χ4v) is 3.41. The van der Waals surface area contributed by atoms with Crippen LogP contribution in [0.25, 0.3) is 11.3 Å². The minimum atomic E-state index is -0.219. The number of aromatic nitrogens is 1. The molecule has 0 saturated carbocycles. The van der Waals surface area contributed by atoms with Gasteiger partial charge in [0.2, 0.25) is 0 Å². The van der Waals surface area contributed by atoms with Crippen molar-refractivity contribution in [1.82, 2.24) is 4.98 Å². The number of halogens is 2. The average Bonchev–Trinajstić information content (AvgIpc) is 2.88. The van der Waals surface area contributed by atoms with E-state index in [0.717, 1.165) is 20.6 Å². The van der Waals surface area contributed by atoms with Crippen molar-refractivity contribution in [2.75, 3.05) is 5.32 Å². The number of rotatable bonds is 3. The molecule has 116 valence electrons. The molecule has 0 aliphatic rings. The van der Waals surface area contributed by atoms with Gasteiger partial charge in [-0.15, -0.1) is 11.3 Å². The summed E-state index contributed by atoms with van der Waals surface area (Å²) >= 11 is 10.8. The second-order valence-electron chi connectivity index (χ2n) is 4.90. The van der Waals surface area contributed by atoms with Crippen molar-refractivity contribution in [3.63, 3.8) is 0 Å². The summed E-state index contributed by atoms with van der Waals surface area (Å²) in [5.41, 5.74) is 2.41. The van der Waals surface area contributed by atoms with E-state index in [0.29, 0.717) is 15.7 Å². The molecule has 0 atom stereocenters. The maximum atomic E-state index is 12.3. The van der Waals surface area contributed by atoms with E-state index in [-0.39, 0.29) is 5.91 Å². The molecular formula is C17H12BrClN2OS. The van der Waals surface area contributed by atoms with Gasteiger partial charge in [0.05, 0.1) is 5.69 Å². The molecule has 3 nitrogen and oxygen atoms in total. The molecule has 0 fully saturated rings. The Bertz CT molecular complexity index is 861. The Labute approximate surface area is 151 Å². The Kier molecular flexibility index (Phi) is 4.80. The van der Waals surface area contributed by atoms with Crippen LogP contribution >= 0.6 is 38.9 Å². The molecule has 3 aromatic rings. The predicted octanol–water partition coefficient (Wildman–Crippen LogP) is 5.79. The smallest absolute Gasteiger partial charge is 0.257 e. The van der Waals surface area contributed by atoms with Crippen LogP contribution in [-0.4, -0.2) is 10.9 Å². The van der Waals surface area contributed by atoms with E-state index < -0.39 is 0 Å². The van der Waals surface area contributed by atoms with E-state index in [2.05, 4.69) is 26.2 Å². The summed E-state index contributed by atoms with van der Waals surface area (Å²) in [5, 5.41) is 3.93. The van der Waals surface area contributed by atoms with Gasteiger partial charge >= 0.3 is 0 Å². The van der Waals surface area contributed by atoms with Crippen molar-refractivity contribution in [3.05, 3.63) is 68.5 Å². The number of hydrogen-bond donors (Lipinski definition) is 1. The lowest BCUT2D eigenvalue weighted by atomic mass is 10.1. The lowest BCUT2D eigenvalue weighted by Crippen LogP contribution is -2.11. The zero-order valence-corrected chi connectivity index (χ0v) is 15.3. The van der Waals surface area contributed by atoms with Crippen LogP contribution in [0.4, 0.5) is 5.13 Å². The van der Waals surface area contributed by atoms with Gasteiger partial charge in [0.15, 0.2) is 5.13 Å². The molecular weight excluding hydrogens is 396 g/mol. The second-order valence-corrected chi connectivity index (χ2v) is 7.45. The first-order chi connectivity index (χ1) is 11.0. The van der Waals surface area contributed by atoms with Crippen molar-refractivity contribution < 1.29 is 4.79 Å². The molecule has 0 unspecified atom stereocenters. The third-order valence-electron chi connectivity index (χ3n) is 3.22. The molecule has 1 aromatic heterocycles. The molecule has 1 N–H and O–H groups in total. The lowest BCUT2D eigenvalue weighted by Gasteiger charge is -2.02. The highest BCUT2D eigenvalue weighted by molar-refractivity contribution is 9.10. The zero-order chi connectivity index (χ0) is 16.4. The number of thiazole rings is 1. The second kappa shape index (κ2) is 6.83. The summed E-state index contributed by atoms with van der Waals surface area (Å²) in [6.45, 7) is 1.99. The van der Waals surface area contributed by atoms with Crippen molar-refractivity contribution >= 4 is 49.9 Å². The summed E-state index contributed by atoms with van der Waals surface area (Å²) in [5.74, 6) is -0.219. The zero-order valence-electron chi connectivity index (χ0n) is 12.1. The van der Waals surface area contributed by atoms with Crippen LogP contribution in [0.1, 0.15) is 15.2 Å². The first-order valence-corrected chi connectivity index (χ1v) is 8.82. The number of nitrogens with one attached hydrogen (secondary N) is 1. The number of carbonyl (C=O) groups excluding carboxylic acids is 1. The third kappa shape index (κ3) is 3.80. The van der Waals surface area contributed by atoms with Crippen molar-refractivity contribution in [1.29, 1.82) is 0 Å². The van der Waals surface area contributed by atoms with Gasteiger partial charge in [-0.25, -0.2) is 4.98 Å². The van der Waals surface area contributed by atoms with E-state index in [4.69, 9.17) is 11.6 Å². The number of aryl methyl sites for hydroxylation is 1. The van der Waals surface area contributed by atoms with Crippen molar-refractivity contribution in [3.8, 4) is 11.3 Å². The highest BCUT2D eigenvalue weighted by atomic mass is 79.9. The Balaban J connectivity index is 1.83. The van der Waals surface area contributed by atoms with Crippen molar-refractivity contribution in [2.45, 2.75) is 6.92 Å². The molecule has 1 heterocycles. The van der Waals surface area contributed by atoms with Gasteiger partial charge < -0.3 is 0 Å². The van der Waals surface area contributed by atoms with Crippen LogP contribution < -0.4 is 5.32 Å². The Hall–Kier alpha value is -1.69. The quantitative estimate of drug-likeness (QED) is 0.597. The summed E-state index contributed by atoms with van der Waals surface area (Å²) in [6.07, 6.45) is 0. The minimum absolute atomic E-state index is 0.219. The lowest BCUT2D eigenvalue weighted by molar-refractivity contribution is 0.102. The van der Waals surface area contributed by atoms with Crippen LogP contribution in [0.2, 0.25) is 5.02 Å². The minimum Gasteiger partial charge on any atom is -0.298 e. The molecule has 3 rings (SSSR count). The molecule has 0 aliphatic carbocycles. The molecule has 0 aliphatic heterocycles. The van der Waals surface area contributed by atoms with Crippen LogP contribution in [0.15, 0.2) is 53.0 Å². The van der Waals surface area contributed by atoms with Crippen molar-refractivity contribution in [2.24, 2.45) is 0 Å². The molecule has 6 heteroatoms. The van der Waals surface area contributed by atoms with E-state index in [1.807, 2.05) is 31.2 Å². The number of anilines is 1. The Morgan fingerprint density at radius 3 is 2.65 bits per heavy atom. The average molecular weight is 408 g/mol. The maximum Gasteiger partial charge on any atom is 0.257 e. The topological polar surface area (TPSA) is 42.0 Å². The van der Waals surface area contributed by atoms with Gasteiger partial charge in [0, 0.05) is 25.5 Å². The largest absolute Gasteiger partial charge is 0.298 e. The Morgan fingerprint density at radius 1 is 1.22 bits per heavy atom. The van der Waals surface area contributed by atoms with Crippen LogP contribution in [0.5, 0.6) is 0 Å². The maximum absolute atomic E-state index is 12.3. The molecule has 0 spiro atoms. The van der Waals surface area contributed by atoms with Gasteiger partial charge in [-0.3, -0.25) is 10.1 Å². The van der Waals surface area contributed by atoms with Crippen LogP contribution in [-0.2, 0) is 0 Å². The summed E-state index contributed by atoms with van der Waals surface area (Å²) in [6, 6.07) is 14.8. The summed E-state index contributed by atoms with van der Waals surface area (Å²) < 4.78 is 1.02. The van der Waals surface area contributed by atoms with E-state index >= 15 is 0 Å². The number of carbonyl (C=O) groups is 1. The van der Waals surface area contributed by atoms with E-state index in [1.165, 1.54) is 11.3 Å². The highest BCUT2D eigenvalue weighted by Gasteiger charge is 2.13. The van der Waals surface area contributed by atoms with Crippen LogP contribution in [0, 0.1) is 6.92 Å². The molecule has 1 amide bonds. The van der Waals surface area contributed by atoms with Gasteiger partial charge in [-0.2, -0.15) is 0 Å². The van der Waals surface area contributed by atoms with Crippen LogP contribution in [0.3, 0.4) is 0 Å². The summed E-state index contributed by atoms with van der Waals surface area (Å²) in [7, 11) is 0. The Morgan fingerprint density at radius 2 is 1.96 bits per heavy atom. The SMILES string of the molecule is Cc1sc(NC(=O)c2cccc(Cl)c2)nc1-c1ccc(Br)cc1. The monoisotopic (exact) mass is 406 g/mol. The number of benzene rings is 2. The van der Waals surface area contributed by atoms with Gasteiger partial charge in [0.1, 0.15) is 0 Å². The molecule has 0 saturated heterocycles. The first-order valence-electron chi connectivity index (χ1n) is 6.83. The van der Waals surface area contributed by atoms with E-state index in [1.54, 1.807) is 24.3 Å².